The SMILES string of the molecule is COc1ccc(C(=O)Cc2ccc(F)c(F)c2)cc1. The van der Waals surface area contributed by atoms with Gasteiger partial charge in [0, 0.05) is 12.0 Å². The van der Waals surface area contributed by atoms with Gasteiger partial charge in [0.25, 0.3) is 0 Å². The number of hydrogen-bond donors (Lipinski definition) is 0. The third kappa shape index (κ3) is 3.16. The lowest BCUT2D eigenvalue weighted by atomic mass is 10.0. The van der Waals surface area contributed by atoms with Gasteiger partial charge in [0.05, 0.1) is 7.11 Å². The zero-order valence-electron chi connectivity index (χ0n) is 10.3. The molecule has 2 aromatic rings. The van der Waals surface area contributed by atoms with Crippen molar-refractivity contribution in [3.63, 3.8) is 0 Å². The van der Waals surface area contributed by atoms with Crippen molar-refractivity contribution in [3.05, 3.63) is 65.2 Å². The van der Waals surface area contributed by atoms with Crippen molar-refractivity contribution < 1.29 is 18.3 Å². The van der Waals surface area contributed by atoms with Crippen molar-refractivity contribution in [1.29, 1.82) is 0 Å². The number of Topliss-reactive ketones (excluding diaryl/α,β-unsaturated/α-hetero) is 1. The Bertz CT molecular complexity index is 592. The third-order valence-electron chi connectivity index (χ3n) is 2.76. The Hall–Kier alpha value is -2.23. The number of halogens is 2. The van der Waals surface area contributed by atoms with Crippen LogP contribution in [0, 0.1) is 11.6 Å². The molecule has 0 aliphatic carbocycles. The first-order valence-corrected chi connectivity index (χ1v) is 5.71. The Morgan fingerprint density at radius 2 is 1.74 bits per heavy atom. The number of hydrogen-bond acceptors (Lipinski definition) is 2. The minimum atomic E-state index is -0.944. The lowest BCUT2D eigenvalue weighted by molar-refractivity contribution is 0.0993. The second-order valence-electron chi connectivity index (χ2n) is 4.08. The monoisotopic (exact) mass is 262 g/mol. The van der Waals surface area contributed by atoms with Crippen LogP contribution < -0.4 is 4.74 Å². The van der Waals surface area contributed by atoms with Crippen LogP contribution in [0.2, 0.25) is 0 Å². The van der Waals surface area contributed by atoms with E-state index >= 15 is 0 Å². The molecule has 2 rings (SSSR count). The fraction of sp³-hybridized carbons (Fsp3) is 0.133. The van der Waals surface area contributed by atoms with Gasteiger partial charge in [-0.05, 0) is 42.0 Å². The van der Waals surface area contributed by atoms with Gasteiger partial charge in [0.1, 0.15) is 5.75 Å². The normalized spacial score (nSPS) is 10.3. The molecule has 0 amide bonds. The van der Waals surface area contributed by atoms with E-state index in [4.69, 9.17) is 4.74 Å². The first-order valence-electron chi connectivity index (χ1n) is 5.71. The molecule has 2 aromatic carbocycles. The van der Waals surface area contributed by atoms with Crippen LogP contribution in [-0.4, -0.2) is 12.9 Å². The summed E-state index contributed by atoms with van der Waals surface area (Å²) in [6, 6.07) is 10.1. The minimum absolute atomic E-state index is 0.0313. The summed E-state index contributed by atoms with van der Waals surface area (Å²) in [4.78, 5) is 12.0. The van der Waals surface area contributed by atoms with E-state index in [0.717, 1.165) is 12.1 Å². The first-order chi connectivity index (χ1) is 9.10. The van der Waals surface area contributed by atoms with Crippen molar-refractivity contribution >= 4 is 5.78 Å². The number of ketones is 1. The molecule has 0 saturated heterocycles. The fourth-order valence-corrected chi connectivity index (χ4v) is 1.71. The van der Waals surface area contributed by atoms with E-state index in [9.17, 15) is 13.6 Å². The molecule has 0 heterocycles. The summed E-state index contributed by atoms with van der Waals surface area (Å²) >= 11 is 0. The molecule has 0 fully saturated rings. The molecule has 0 aliphatic heterocycles. The van der Waals surface area contributed by atoms with Gasteiger partial charge in [-0.15, -0.1) is 0 Å². The number of carbonyl (C=O) groups is 1. The van der Waals surface area contributed by atoms with E-state index in [1.807, 2.05) is 0 Å². The van der Waals surface area contributed by atoms with Crippen LogP contribution in [0.25, 0.3) is 0 Å². The highest BCUT2D eigenvalue weighted by molar-refractivity contribution is 5.97. The standard InChI is InChI=1S/C15H12F2O2/c1-19-12-5-3-11(4-6-12)15(18)9-10-2-7-13(16)14(17)8-10/h2-8H,9H2,1H3. The lowest BCUT2D eigenvalue weighted by Crippen LogP contribution is -2.04. The molecule has 0 bridgehead atoms. The average Bonchev–Trinajstić information content (AvgIpc) is 2.43. The van der Waals surface area contributed by atoms with E-state index in [1.54, 1.807) is 24.3 Å². The van der Waals surface area contributed by atoms with Crippen molar-refractivity contribution in [2.75, 3.05) is 7.11 Å². The maximum absolute atomic E-state index is 13.0. The van der Waals surface area contributed by atoms with Crippen LogP contribution in [0.5, 0.6) is 5.75 Å². The van der Waals surface area contributed by atoms with Gasteiger partial charge in [-0.1, -0.05) is 6.07 Å². The Morgan fingerprint density at radius 3 is 2.32 bits per heavy atom. The number of methoxy groups -OCH3 is 1. The van der Waals surface area contributed by atoms with Crippen LogP contribution in [-0.2, 0) is 6.42 Å². The van der Waals surface area contributed by atoms with E-state index in [0.29, 0.717) is 16.9 Å². The zero-order valence-corrected chi connectivity index (χ0v) is 10.3. The highest BCUT2D eigenvalue weighted by atomic mass is 19.2. The van der Waals surface area contributed by atoms with Crippen molar-refractivity contribution in [1.82, 2.24) is 0 Å². The smallest absolute Gasteiger partial charge is 0.167 e. The van der Waals surface area contributed by atoms with E-state index in [-0.39, 0.29) is 12.2 Å². The molecule has 0 aliphatic rings. The first kappa shape index (κ1) is 13.2. The van der Waals surface area contributed by atoms with E-state index in [1.165, 1.54) is 13.2 Å². The molecule has 0 spiro atoms. The number of rotatable bonds is 4. The van der Waals surface area contributed by atoms with E-state index < -0.39 is 11.6 Å². The minimum Gasteiger partial charge on any atom is -0.497 e. The fourth-order valence-electron chi connectivity index (χ4n) is 1.71. The van der Waals surface area contributed by atoms with E-state index in [2.05, 4.69) is 0 Å². The molecule has 98 valence electrons. The summed E-state index contributed by atoms with van der Waals surface area (Å²) in [7, 11) is 1.54. The topological polar surface area (TPSA) is 26.3 Å². The van der Waals surface area contributed by atoms with Crippen molar-refractivity contribution in [2.45, 2.75) is 6.42 Å². The Labute approximate surface area is 109 Å². The molecular formula is C15H12F2O2. The molecule has 0 aromatic heterocycles. The third-order valence-corrected chi connectivity index (χ3v) is 2.76. The second-order valence-corrected chi connectivity index (χ2v) is 4.08. The van der Waals surface area contributed by atoms with Crippen LogP contribution in [0.1, 0.15) is 15.9 Å². The maximum atomic E-state index is 13.0. The maximum Gasteiger partial charge on any atom is 0.167 e. The molecule has 19 heavy (non-hydrogen) atoms. The van der Waals surface area contributed by atoms with Gasteiger partial charge < -0.3 is 4.74 Å². The van der Waals surface area contributed by atoms with Gasteiger partial charge >= 0.3 is 0 Å². The molecule has 4 heteroatoms. The lowest BCUT2D eigenvalue weighted by Gasteiger charge is -2.04. The highest BCUT2D eigenvalue weighted by Gasteiger charge is 2.09. The molecule has 0 N–H and O–H groups in total. The number of ether oxygens (including phenoxy) is 1. The van der Waals surface area contributed by atoms with Crippen LogP contribution >= 0.6 is 0 Å². The van der Waals surface area contributed by atoms with Crippen LogP contribution in [0.15, 0.2) is 42.5 Å². The number of carbonyl (C=O) groups excluding carboxylic acids is 1. The molecule has 0 saturated carbocycles. The summed E-state index contributed by atoms with van der Waals surface area (Å²) < 4.78 is 30.8. The molecule has 2 nitrogen and oxygen atoms in total. The van der Waals surface area contributed by atoms with Gasteiger partial charge in [-0.25, -0.2) is 8.78 Å². The highest BCUT2D eigenvalue weighted by Crippen LogP contribution is 2.15. The Kier molecular flexibility index (Phi) is 3.90. The quantitative estimate of drug-likeness (QED) is 0.789. The average molecular weight is 262 g/mol. The van der Waals surface area contributed by atoms with Crippen LogP contribution in [0.4, 0.5) is 8.78 Å². The van der Waals surface area contributed by atoms with Crippen molar-refractivity contribution in [2.24, 2.45) is 0 Å². The molecule has 0 radical (unpaired) electrons. The molecular weight excluding hydrogens is 250 g/mol. The summed E-state index contributed by atoms with van der Waals surface area (Å²) in [5.41, 5.74) is 0.949. The Morgan fingerprint density at radius 1 is 1.05 bits per heavy atom. The molecule has 0 unspecified atom stereocenters. The summed E-state index contributed by atoms with van der Waals surface area (Å²) in [6.07, 6.45) is 0.0313. The second kappa shape index (κ2) is 5.61. The zero-order chi connectivity index (χ0) is 13.8. The summed E-state index contributed by atoms with van der Waals surface area (Å²) in [5.74, 6) is -1.36. The van der Waals surface area contributed by atoms with Gasteiger partial charge in [0.15, 0.2) is 17.4 Å². The summed E-state index contributed by atoms with van der Waals surface area (Å²) in [5, 5.41) is 0. The van der Waals surface area contributed by atoms with Crippen LogP contribution in [0.3, 0.4) is 0 Å². The predicted octanol–water partition coefficient (Wildman–Crippen LogP) is 3.40. The largest absolute Gasteiger partial charge is 0.497 e. The van der Waals surface area contributed by atoms with Crippen molar-refractivity contribution in [3.8, 4) is 5.75 Å². The molecule has 0 atom stereocenters. The Balaban J connectivity index is 2.13. The number of benzene rings is 2. The van der Waals surface area contributed by atoms with Gasteiger partial charge in [0.2, 0.25) is 0 Å². The summed E-state index contributed by atoms with van der Waals surface area (Å²) in [6.45, 7) is 0. The van der Waals surface area contributed by atoms with Gasteiger partial charge in [-0.2, -0.15) is 0 Å². The predicted molar refractivity (Wildman–Crippen MR) is 67.4 cm³/mol. The van der Waals surface area contributed by atoms with Gasteiger partial charge in [-0.3, -0.25) is 4.79 Å².